The molecule has 1 heterocycles. The number of hydrogen-bond acceptors (Lipinski definition) is 1. The fourth-order valence-corrected chi connectivity index (χ4v) is 0.757. The molecule has 1 aromatic rings. The van der Waals surface area contributed by atoms with E-state index in [2.05, 4.69) is 34.5 Å². The summed E-state index contributed by atoms with van der Waals surface area (Å²) in [5.41, 5.74) is 0. The minimum absolute atomic E-state index is 1.23. The molecule has 1 aromatic heterocycles. The van der Waals surface area contributed by atoms with E-state index in [1.807, 2.05) is 33.8 Å². The van der Waals surface area contributed by atoms with Crippen LogP contribution >= 0.6 is 0 Å². The van der Waals surface area contributed by atoms with Crippen LogP contribution in [0, 0.1) is 0 Å². The van der Waals surface area contributed by atoms with Crippen molar-refractivity contribution in [1.29, 1.82) is 0 Å². The first kappa shape index (κ1) is 16.1. The Hall–Kier alpha value is -1.31. The molecule has 15 heavy (non-hydrogen) atoms. The van der Waals surface area contributed by atoms with Crippen LogP contribution in [0.15, 0.2) is 42.8 Å². The highest BCUT2D eigenvalue weighted by molar-refractivity contribution is 5.07. The maximum Gasteiger partial charge on any atom is 0.0487 e. The molecule has 2 nitrogen and oxygen atoms in total. The smallest absolute Gasteiger partial charge is 0.0487 e. The molecule has 1 aliphatic carbocycles. The molecule has 0 aromatic carbocycles. The third kappa shape index (κ3) is 15.4. The monoisotopic (exact) mass is 208 g/mol. The summed E-state index contributed by atoms with van der Waals surface area (Å²) in [5.74, 6) is 0. The molecule has 0 unspecified atom stereocenters. The zero-order valence-corrected chi connectivity index (χ0v) is 10.4. The van der Waals surface area contributed by atoms with Gasteiger partial charge in [-0.05, 0) is 18.9 Å². The van der Waals surface area contributed by atoms with E-state index in [0.717, 1.165) is 0 Å². The Bertz CT molecular complexity index is 181. The number of nitrogens with one attached hydrogen (secondary N) is 1. The number of nitrogens with zero attached hydrogens (tertiary/aromatic N) is 1. The van der Waals surface area contributed by atoms with Gasteiger partial charge in [0.15, 0.2) is 0 Å². The van der Waals surface area contributed by atoms with Crippen LogP contribution in [0.1, 0.15) is 40.5 Å². The number of aromatic nitrogens is 2. The lowest BCUT2D eigenvalue weighted by atomic mass is 10.2. The fourth-order valence-electron chi connectivity index (χ4n) is 0.757. The first-order chi connectivity index (χ1) is 7.50. The molecule has 2 heteroatoms. The van der Waals surface area contributed by atoms with E-state index >= 15 is 0 Å². The van der Waals surface area contributed by atoms with Gasteiger partial charge in [0.25, 0.3) is 0 Å². The van der Waals surface area contributed by atoms with Crippen molar-refractivity contribution in [3.8, 4) is 0 Å². The predicted molar refractivity (Wildman–Crippen MR) is 68.8 cm³/mol. The van der Waals surface area contributed by atoms with Crippen molar-refractivity contribution in [1.82, 2.24) is 10.2 Å². The van der Waals surface area contributed by atoms with Crippen LogP contribution in [0.2, 0.25) is 0 Å². The van der Waals surface area contributed by atoms with Gasteiger partial charge in [0.2, 0.25) is 0 Å². The maximum atomic E-state index is 3.60. The lowest BCUT2D eigenvalue weighted by Gasteiger charge is -1.88. The van der Waals surface area contributed by atoms with Crippen molar-refractivity contribution in [2.45, 2.75) is 40.5 Å². The highest BCUT2D eigenvalue weighted by Gasteiger charge is 1.77. The fraction of sp³-hybridized carbons (Fsp3) is 0.462. The van der Waals surface area contributed by atoms with Gasteiger partial charge < -0.3 is 0 Å². The minimum Gasteiger partial charge on any atom is -0.286 e. The highest BCUT2D eigenvalue weighted by Crippen LogP contribution is 1.98. The zero-order valence-electron chi connectivity index (χ0n) is 10.4. The lowest BCUT2D eigenvalue weighted by molar-refractivity contribution is 1.04. The molecule has 1 aliphatic rings. The molecule has 0 saturated heterocycles. The summed E-state index contributed by atoms with van der Waals surface area (Å²) >= 11 is 0. The topological polar surface area (TPSA) is 28.7 Å². The molecule has 2 rings (SSSR count). The molecular weight excluding hydrogens is 184 g/mol. The summed E-state index contributed by atoms with van der Waals surface area (Å²) in [4.78, 5) is 0. The first-order valence-electron chi connectivity index (χ1n) is 5.75. The van der Waals surface area contributed by atoms with E-state index in [1.165, 1.54) is 12.8 Å². The van der Waals surface area contributed by atoms with Crippen LogP contribution in [0.25, 0.3) is 0 Å². The van der Waals surface area contributed by atoms with E-state index in [0.29, 0.717) is 0 Å². The molecule has 86 valence electrons. The van der Waals surface area contributed by atoms with Gasteiger partial charge in [-0.3, -0.25) is 5.10 Å². The largest absolute Gasteiger partial charge is 0.286 e. The third-order valence-corrected chi connectivity index (χ3v) is 1.29. The predicted octanol–water partition coefficient (Wildman–Crippen LogP) is 4.35. The normalized spacial score (nSPS) is 10.9. The van der Waals surface area contributed by atoms with Crippen molar-refractivity contribution in [2.75, 3.05) is 0 Å². The van der Waals surface area contributed by atoms with Crippen LogP contribution in [-0.4, -0.2) is 10.2 Å². The number of rotatable bonds is 0. The summed E-state index contributed by atoms with van der Waals surface area (Å²) in [5, 5.41) is 6.21. The number of hydrogen-bond donors (Lipinski definition) is 1. The summed E-state index contributed by atoms with van der Waals surface area (Å²) in [6.07, 6.45) is 14.5. The van der Waals surface area contributed by atoms with Crippen LogP contribution in [0.4, 0.5) is 0 Å². The Balaban J connectivity index is 0. The van der Waals surface area contributed by atoms with E-state index in [9.17, 15) is 0 Å². The Kier molecular flexibility index (Phi) is 19.9. The summed E-state index contributed by atoms with van der Waals surface area (Å²) in [6, 6.07) is 1.83. The second-order valence-electron chi connectivity index (χ2n) is 2.20. The summed E-state index contributed by atoms with van der Waals surface area (Å²) in [6.45, 7) is 8.00. The Morgan fingerprint density at radius 3 is 1.60 bits per heavy atom. The highest BCUT2D eigenvalue weighted by atomic mass is 15.1. The van der Waals surface area contributed by atoms with Crippen LogP contribution < -0.4 is 0 Å². The molecular formula is C13H24N2. The van der Waals surface area contributed by atoms with Gasteiger partial charge in [0.05, 0.1) is 0 Å². The molecule has 0 atom stereocenters. The zero-order chi connectivity index (χ0) is 11.8. The molecule has 0 spiro atoms. The van der Waals surface area contributed by atoms with Gasteiger partial charge >= 0.3 is 0 Å². The van der Waals surface area contributed by atoms with Crippen molar-refractivity contribution in [3.05, 3.63) is 42.8 Å². The van der Waals surface area contributed by atoms with Crippen molar-refractivity contribution >= 4 is 0 Å². The standard InChI is InChI=1S/C6H8.C3H4N2.2C2H6/c1-2-4-6-5-3-1;1-2-4-5-3-1;2*1-2/h1-4H,5-6H2;1-3H,(H,4,5);2*1-2H3. The summed E-state index contributed by atoms with van der Waals surface area (Å²) < 4.78 is 0. The Morgan fingerprint density at radius 2 is 1.47 bits per heavy atom. The van der Waals surface area contributed by atoms with Crippen molar-refractivity contribution < 1.29 is 0 Å². The van der Waals surface area contributed by atoms with Gasteiger partial charge in [-0.1, -0.05) is 52.0 Å². The molecule has 0 aliphatic heterocycles. The number of H-pyrrole nitrogens is 1. The number of aromatic amines is 1. The van der Waals surface area contributed by atoms with Crippen molar-refractivity contribution in [2.24, 2.45) is 0 Å². The van der Waals surface area contributed by atoms with E-state index in [-0.39, 0.29) is 0 Å². The minimum atomic E-state index is 1.23. The Labute approximate surface area is 94.1 Å². The quantitative estimate of drug-likeness (QED) is 0.674. The second kappa shape index (κ2) is 18.5. The van der Waals surface area contributed by atoms with Gasteiger partial charge in [-0.25, -0.2) is 0 Å². The average molecular weight is 208 g/mol. The summed E-state index contributed by atoms with van der Waals surface area (Å²) in [7, 11) is 0. The number of allylic oxidation sites excluding steroid dienone is 4. The van der Waals surface area contributed by atoms with E-state index in [4.69, 9.17) is 0 Å². The van der Waals surface area contributed by atoms with Crippen molar-refractivity contribution in [3.63, 3.8) is 0 Å². The third-order valence-electron chi connectivity index (χ3n) is 1.29. The molecule has 0 fully saturated rings. The molecule has 0 amide bonds. The van der Waals surface area contributed by atoms with Gasteiger partial charge in [0, 0.05) is 12.4 Å². The van der Waals surface area contributed by atoms with E-state index < -0.39 is 0 Å². The second-order valence-corrected chi connectivity index (χ2v) is 2.20. The van der Waals surface area contributed by atoms with Crippen LogP contribution in [0.3, 0.4) is 0 Å². The first-order valence-corrected chi connectivity index (χ1v) is 5.75. The lowest BCUT2D eigenvalue weighted by Crippen LogP contribution is -1.67. The van der Waals surface area contributed by atoms with Gasteiger partial charge in [0.1, 0.15) is 0 Å². The van der Waals surface area contributed by atoms with E-state index in [1.54, 1.807) is 12.4 Å². The van der Waals surface area contributed by atoms with Gasteiger partial charge in [-0.15, -0.1) is 0 Å². The molecule has 1 N–H and O–H groups in total. The SMILES string of the molecule is C1=CCCC=C1.CC.CC.c1cn[nH]c1. The molecule has 0 radical (unpaired) electrons. The maximum absolute atomic E-state index is 3.60. The van der Waals surface area contributed by atoms with Crippen LogP contribution in [-0.2, 0) is 0 Å². The Morgan fingerprint density at radius 1 is 0.933 bits per heavy atom. The molecule has 0 saturated carbocycles. The van der Waals surface area contributed by atoms with Crippen LogP contribution in [0.5, 0.6) is 0 Å². The average Bonchev–Trinajstić information content (AvgIpc) is 2.95. The van der Waals surface area contributed by atoms with Gasteiger partial charge in [-0.2, -0.15) is 5.10 Å². The molecule has 0 bridgehead atoms.